The van der Waals surface area contributed by atoms with Crippen LogP contribution in [0.5, 0.6) is 5.75 Å². The smallest absolute Gasteiger partial charge is 0.229 e. The molecule has 15 heavy (non-hydrogen) atoms. The monoisotopic (exact) mass is 230 g/mol. The molecule has 0 amide bonds. The van der Waals surface area contributed by atoms with Crippen molar-refractivity contribution < 1.29 is 13.2 Å². The van der Waals surface area contributed by atoms with Gasteiger partial charge in [0.25, 0.3) is 0 Å². The minimum atomic E-state index is -3.33. The fourth-order valence-electron chi connectivity index (χ4n) is 1.22. The van der Waals surface area contributed by atoms with E-state index in [-0.39, 0.29) is 6.54 Å². The Kier molecular flexibility index (Phi) is 3.54. The molecule has 0 aliphatic heterocycles. The van der Waals surface area contributed by atoms with Gasteiger partial charge in [0.1, 0.15) is 5.75 Å². The van der Waals surface area contributed by atoms with Crippen molar-refractivity contribution in [2.24, 2.45) is 5.73 Å². The average molecular weight is 230 g/mol. The number of hydrogen-bond donors (Lipinski definition) is 2. The van der Waals surface area contributed by atoms with Gasteiger partial charge >= 0.3 is 0 Å². The molecule has 84 valence electrons. The Morgan fingerprint density at radius 1 is 1.47 bits per heavy atom. The highest BCUT2D eigenvalue weighted by molar-refractivity contribution is 7.92. The Hall–Kier alpha value is -1.27. The Labute approximate surface area is 89.3 Å². The second-order valence-corrected chi connectivity index (χ2v) is 4.82. The molecule has 0 unspecified atom stereocenters. The molecule has 0 aliphatic rings. The molecule has 1 aromatic carbocycles. The van der Waals surface area contributed by atoms with Gasteiger partial charge in [-0.2, -0.15) is 0 Å². The lowest BCUT2D eigenvalue weighted by atomic mass is 10.1. The zero-order valence-electron chi connectivity index (χ0n) is 8.65. The van der Waals surface area contributed by atoms with Crippen LogP contribution in [0.1, 0.15) is 5.56 Å². The van der Waals surface area contributed by atoms with Gasteiger partial charge in [-0.1, -0.05) is 12.1 Å². The van der Waals surface area contributed by atoms with E-state index >= 15 is 0 Å². The highest BCUT2D eigenvalue weighted by Gasteiger charge is 2.11. The van der Waals surface area contributed by atoms with E-state index in [4.69, 9.17) is 10.5 Å². The zero-order valence-corrected chi connectivity index (χ0v) is 9.47. The van der Waals surface area contributed by atoms with Crippen molar-refractivity contribution in [2.75, 3.05) is 18.1 Å². The molecule has 0 spiro atoms. The van der Waals surface area contributed by atoms with Crippen LogP contribution < -0.4 is 15.2 Å². The first-order valence-electron chi connectivity index (χ1n) is 4.31. The van der Waals surface area contributed by atoms with Crippen LogP contribution in [0.25, 0.3) is 0 Å². The van der Waals surface area contributed by atoms with Crippen LogP contribution in [0.3, 0.4) is 0 Å². The van der Waals surface area contributed by atoms with Crippen LogP contribution in [0, 0.1) is 0 Å². The van der Waals surface area contributed by atoms with E-state index in [1.807, 2.05) is 0 Å². The first kappa shape index (κ1) is 11.8. The molecule has 0 aromatic heterocycles. The lowest BCUT2D eigenvalue weighted by Gasteiger charge is -2.13. The molecule has 1 aromatic rings. The molecule has 0 fully saturated rings. The summed E-state index contributed by atoms with van der Waals surface area (Å²) in [6.45, 7) is 0.245. The van der Waals surface area contributed by atoms with Crippen molar-refractivity contribution in [3.63, 3.8) is 0 Å². The van der Waals surface area contributed by atoms with Crippen LogP contribution in [0.15, 0.2) is 18.2 Å². The topological polar surface area (TPSA) is 81.4 Å². The predicted molar refractivity (Wildman–Crippen MR) is 59.4 cm³/mol. The summed E-state index contributed by atoms with van der Waals surface area (Å²) < 4.78 is 29.7. The summed E-state index contributed by atoms with van der Waals surface area (Å²) in [7, 11) is -1.85. The minimum Gasteiger partial charge on any atom is -0.495 e. The summed E-state index contributed by atoms with van der Waals surface area (Å²) in [6.07, 6.45) is 1.08. The first-order valence-corrected chi connectivity index (χ1v) is 6.21. The van der Waals surface area contributed by atoms with E-state index in [0.29, 0.717) is 17.0 Å². The molecule has 6 heteroatoms. The summed E-state index contributed by atoms with van der Waals surface area (Å²) in [4.78, 5) is 0. The van der Waals surface area contributed by atoms with Crippen LogP contribution in [-0.4, -0.2) is 21.8 Å². The molecule has 5 nitrogen and oxygen atoms in total. The molecule has 1 rings (SSSR count). The van der Waals surface area contributed by atoms with Crippen LogP contribution in [0.2, 0.25) is 0 Å². The van der Waals surface area contributed by atoms with Crippen LogP contribution >= 0.6 is 0 Å². The third-order valence-corrected chi connectivity index (χ3v) is 2.41. The van der Waals surface area contributed by atoms with Crippen molar-refractivity contribution >= 4 is 15.7 Å². The lowest BCUT2D eigenvalue weighted by molar-refractivity contribution is 0.416. The molecule has 0 heterocycles. The summed E-state index contributed by atoms with van der Waals surface area (Å²) in [5, 5.41) is 0. The van der Waals surface area contributed by atoms with Crippen molar-refractivity contribution in [1.82, 2.24) is 0 Å². The fourth-order valence-corrected chi connectivity index (χ4v) is 1.82. The van der Waals surface area contributed by atoms with Gasteiger partial charge in [-0.3, -0.25) is 4.72 Å². The third-order valence-electron chi connectivity index (χ3n) is 1.84. The van der Waals surface area contributed by atoms with Gasteiger partial charge < -0.3 is 10.5 Å². The zero-order chi connectivity index (χ0) is 11.5. The van der Waals surface area contributed by atoms with Crippen molar-refractivity contribution in [3.8, 4) is 5.75 Å². The first-order chi connectivity index (χ1) is 6.98. The molecular formula is C9H14N2O3S. The van der Waals surface area contributed by atoms with Crippen molar-refractivity contribution in [3.05, 3.63) is 23.8 Å². The van der Waals surface area contributed by atoms with Crippen molar-refractivity contribution in [2.45, 2.75) is 6.54 Å². The maximum Gasteiger partial charge on any atom is 0.229 e. The maximum atomic E-state index is 11.1. The molecule has 3 N–H and O–H groups in total. The summed E-state index contributed by atoms with van der Waals surface area (Å²) in [5.41, 5.74) is 6.60. The van der Waals surface area contributed by atoms with Gasteiger partial charge in [-0.25, -0.2) is 8.42 Å². The largest absolute Gasteiger partial charge is 0.495 e. The van der Waals surface area contributed by atoms with E-state index in [9.17, 15) is 8.42 Å². The number of para-hydroxylation sites is 1. The molecule has 0 bridgehead atoms. The molecule has 0 saturated heterocycles. The lowest BCUT2D eigenvalue weighted by Crippen LogP contribution is -2.13. The van der Waals surface area contributed by atoms with Gasteiger partial charge in [0, 0.05) is 6.54 Å². The van der Waals surface area contributed by atoms with E-state index in [2.05, 4.69) is 4.72 Å². The number of hydrogen-bond acceptors (Lipinski definition) is 4. The van der Waals surface area contributed by atoms with Crippen molar-refractivity contribution in [1.29, 1.82) is 0 Å². The number of benzene rings is 1. The third kappa shape index (κ3) is 3.10. The second-order valence-electron chi connectivity index (χ2n) is 3.07. The number of nitrogens with two attached hydrogens (primary N) is 1. The van der Waals surface area contributed by atoms with Crippen LogP contribution in [-0.2, 0) is 16.6 Å². The maximum absolute atomic E-state index is 11.1. The van der Waals surface area contributed by atoms with Gasteiger partial charge in [-0.05, 0) is 11.6 Å². The van der Waals surface area contributed by atoms with E-state index in [1.54, 1.807) is 18.2 Å². The number of rotatable bonds is 4. The highest BCUT2D eigenvalue weighted by atomic mass is 32.2. The van der Waals surface area contributed by atoms with Crippen LogP contribution in [0.4, 0.5) is 5.69 Å². The summed E-state index contributed by atoms with van der Waals surface area (Å²) >= 11 is 0. The SMILES string of the molecule is COc1cccc(CN)c1NS(C)(=O)=O. The Balaban J connectivity index is 3.22. The predicted octanol–water partition coefficient (Wildman–Crippen LogP) is 0.525. The average Bonchev–Trinajstić information content (AvgIpc) is 2.16. The Morgan fingerprint density at radius 2 is 2.13 bits per heavy atom. The highest BCUT2D eigenvalue weighted by Crippen LogP contribution is 2.28. The number of nitrogens with one attached hydrogen (secondary N) is 1. The number of methoxy groups -OCH3 is 1. The van der Waals surface area contributed by atoms with E-state index in [1.165, 1.54) is 7.11 Å². The van der Waals surface area contributed by atoms with E-state index < -0.39 is 10.0 Å². The standard InChI is InChI=1S/C9H14N2O3S/c1-14-8-5-3-4-7(6-10)9(8)11-15(2,12)13/h3-5,11H,6,10H2,1-2H3. The number of anilines is 1. The number of ether oxygens (including phenoxy) is 1. The fraction of sp³-hybridized carbons (Fsp3) is 0.333. The normalized spacial score (nSPS) is 11.1. The number of sulfonamides is 1. The molecule has 0 atom stereocenters. The van der Waals surface area contributed by atoms with Gasteiger partial charge in [-0.15, -0.1) is 0 Å². The minimum absolute atomic E-state index is 0.245. The Morgan fingerprint density at radius 3 is 2.60 bits per heavy atom. The second kappa shape index (κ2) is 4.50. The Bertz CT molecular complexity index is 420. The molecule has 0 saturated carbocycles. The molecular weight excluding hydrogens is 216 g/mol. The summed E-state index contributed by atoms with van der Waals surface area (Å²) in [6, 6.07) is 5.18. The summed E-state index contributed by atoms with van der Waals surface area (Å²) in [5.74, 6) is 0.461. The van der Waals surface area contributed by atoms with Gasteiger partial charge in [0.2, 0.25) is 10.0 Å². The molecule has 0 aliphatic carbocycles. The van der Waals surface area contributed by atoms with E-state index in [0.717, 1.165) is 6.26 Å². The van der Waals surface area contributed by atoms with Gasteiger partial charge in [0.05, 0.1) is 19.1 Å². The quantitative estimate of drug-likeness (QED) is 0.790. The van der Waals surface area contributed by atoms with Gasteiger partial charge in [0.15, 0.2) is 0 Å². The molecule has 0 radical (unpaired) electrons.